The molecule has 94 valence electrons. The standard InChI is InChI=1S/C12H10Cl2N2OS/c13-7-12-15-11(16-17-12)6-5-10(18)8-1-3-9(14)4-2-8/h1-6,10,18H,7H2/b6-5+. The van der Waals surface area contributed by atoms with Crippen molar-refractivity contribution in [2.45, 2.75) is 11.1 Å². The molecule has 0 radical (unpaired) electrons. The van der Waals surface area contributed by atoms with Crippen molar-refractivity contribution in [1.82, 2.24) is 10.1 Å². The monoisotopic (exact) mass is 300 g/mol. The van der Waals surface area contributed by atoms with Crippen LogP contribution in [0.3, 0.4) is 0 Å². The van der Waals surface area contributed by atoms with Crippen molar-refractivity contribution in [3.05, 3.63) is 52.6 Å². The summed E-state index contributed by atoms with van der Waals surface area (Å²) in [5, 5.41) is 4.40. The first-order chi connectivity index (χ1) is 8.69. The number of thiol groups is 1. The van der Waals surface area contributed by atoms with Gasteiger partial charge < -0.3 is 4.52 Å². The fourth-order valence-electron chi connectivity index (χ4n) is 1.34. The molecule has 0 fully saturated rings. The summed E-state index contributed by atoms with van der Waals surface area (Å²) in [7, 11) is 0. The van der Waals surface area contributed by atoms with E-state index in [-0.39, 0.29) is 11.1 Å². The van der Waals surface area contributed by atoms with Crippen LogP contribution in [0.25, 0.3) is 6.08 Å². The van der Waals surface area contributed by atoms with Crippen LogP contribution in [0.5, 0.6) is 0 Å². The predicted molar refractivity (Wildman–Crippen MR) is 76.1 cm³/mol. The topological polar surface area (TPSA) is 38.9 Å². The first kappa shape index (κ1) is 13.5. The van der Waals surface area contributed by atoms with Crippen molar-refractivity contribution in [3.8, 4) is 0 Å². The third-order valence-corrected chi connectivity index (χ3v) is 3.19. The Hall–Kier alpha value is -0.970. The van der Waals surface area contributed by atoms with Crippen molar-refractivity contribution < 1.29 is 4.52 Å². The van der Waals surface area contributed by atoms with Crippen LogP contribution in [0.2, 0.25) is 5.02 Å². The molecule has 2 aromatic rings. The van der Waals surface area contributed by atoms with E-state index >= 15 is 0 Å². The number of hydrogen-bond acceptors (Lipinski definition) is 4. The maximum Gasteiger partial charge on any atom is 0.241 e. The van der Waals surface area contributed by atoms with Crippen LogP contribution in [0.15, 0.2) is 34.9 Å². The molecule has 1 heterocycles. The molecule has 0 amide bonds. The summed E-state index contributed by atoms with van der Waals surface area (Å²) in [6.45, 7) is 0. The van der Waals surface area contributed by atoms with Crippen LogP contribution in [-0.4, -0.2) is 10.1 Å². The summed E-state index contributed by atoms with van der Waals surface area (Å²) in [4.78, 5) is 4.06. The zero-order chi connectivity index (χ0) is 13.0. The molecule has 3 nitrogen and oxygen atoms in total. The number of halogens is 2. The summed E-state index contributed by atoms with van der Waals surface area (Å²) in [5.41, 5.74) is 1.04. The third-order valence-electron chi connectivity index (χ3n) is 2.24. The van der Waals surface area contributed by atoms with E-state index < -0.39 is 0 Å². The largest absolute Gasteiger partial charge is 0.338 e. The van der Waals surface area contributed by atoms with E-state index in [2.05, 4.69) is 22.8 Å². The van der Waals surface area contributed by atoms with Gasteiger partial charge in [-0.25, -0.2) is 0 Å². The van der Waals surface area contributed by atoms with Gasteiger partial charge in [-0.3, -0.25) is 0 Å². The lowest BCUT2D eigenvalue weighted by atomic mass is 10.1. The van der Waals surface area contributed by atoms with Crippen LogP contribution >= 0.6 is 35.8 Å². The van der Waals surface area contributed by atoms with E-state index in [9.17, 15) is 0 Å². The highest BCUT2D eigenvalue weighted by atomic mass is 35.5. The number of benzene rings is 1. The van der Waals surface area contributed by atoms with Gasteiger partial charge in [-0.15, -0.1) is 11.6 Å². The van der Waals surface area contributed by atoms with E-state index in [1.165, 1.54) is 0 Å². The average molecular weight is 301 g/mol. The van der Waals surface area contributed by atoms with Gasteiger partial charge in [-0.05, 0) is 23.8 Å². The lowest BCUT2D eigenvalue weighted by Crippen LogP contribution is -1.86. The minimum Gasteiger partial charge on any atom is -0.338 e. The van der Waals surface area contributed by atoms with Crippen LogP contribution < -0.4 is 0 Å². The zero-order valence-corrected chi connectivity index (χ0v) is 11.7. The summed E-state index contributed by atoms with van der Waals surface area (Å²) in [6, 6.07) is 7.50. The third kappa shape index (κ3) is 3.51. The van der Waals surface area contributed by atoms with E-state index in [4.69, 9.17) is 27.7 Å². The number of nitrogens with zero attached hydrogens (tertiary/aromatic N) is 2. The van der Waals surface area contributed by atoms with E-state index in [1.54, 1.807) is 6.08 Å². The predicted octanol–water partition coefficient (Wildman–Crippen LogP) is 4.15. The Bertz CT molecular complexity index is 539. The molecule has 1 unspecified atom stereocenters. The summed E-state index contributed by atoms with van der Waals surface area (Å²) in [6.07, 6.45) is 3.61. The van der Waals surface area contributed by atoms with Crippen LogP contribution in [0.4, 0.5) is 0 Å². The fourth-order valence-corrected chi connectivity index (χ4v) is 1.83. The van der Waals surface area contributed by atoms with E-state index in [1.807, 2.05) is 30.3 Å². The maximum atomic E-state index is 5.82. The van der Waals surface area contributed by atoms with Crippen molar-refractivity contribution in [2.24, 2.45) is 0 Å². The van der Waals surface area contributed by atoms with Crippen LogP contribution in [0, 0.1) is 0 Å². The highest BCUT2D eigenvalue weighted by Crippen LogP contribution is 2.23. The van der Waals surface area contributed by atoms with Crippen LogP contribution in [0.1, 0.15) is 22.5 Å². The molecule has 1 atom stereocenters. The molecular formula is C12H10Cl2N2OS. The summed E-state index contributed by atoms with van der Waals surface area (Å²) < 4.78 is 4.88. The highest BCUT2D eigenvalue weighted by molar-refractivity contribution is 7.80. The summed E-state index contributed by atoms with van der Waals surface area (Å²) in [5.74, 6) is 1.10. The molecule has 6 heteroatoms. The van der Waals surface area contributed by atoms with Crippen molar-refractivity contribution >= 4 is 41.9 Å². The molecule has 2 rings (SSSR count). The SMILES string of the molecule is SC(/C=C/c1noc(CCl)n1)c1ccc(Cl)cc1. The van der Waals surface area contributed by atoms with Gasteiger partial charge >= 0.3 is 0 Å². The number of alkyl halides is 1. The Morgan fingerprint density at radius 1 is 1.33 bits per heavy atom. The van der Waals surface area contributed by atoms with Gasteiger partial charge in [0, 0.05) is 10.3 Å². The van der Waals surface area contributed by atoms with Gasteiger partial charge in [0.25, 0.3) is 0 Å². The van der Waals surface area contributed by atoms with Gasteiger partial charge in [0.1, 0.15) is 5.88 Å². The van der Waals surface area contributed by atoms with Crippen LogP contribution in [-0.2, 0) is 5.88 Å². The first-order valence-corrected chi connectivity index (χ1v) is 6.62. The number of aromatic nitrogens is 2. The second-order valence-electron chi connectivity index (χ2n) is 3.54. The Balaban J connectivity index is 2.06. The van der Waals surface area contributed by atoms with Crippen molar-refractivity contribution in [1.29, 1.82) is 0 Å². The molecule has 0 aliphatic rings. The molecule has 0 aliphatic carbocycles. The molecule has 1 aromatic carbocycles. The van der Waals surface area contributed by atoms with Gasteiger partial charge in [0.2, 0.25) is 5.89 Å². The smallest absolute Gasteiger partial charge is 0.241 e. The zero-order valence-electron chi connectivity index (χ0n) is 9.25. The fraction of sp³-hybridized carbons (Fsp3) is 0.167. The van der Waals surface area contributed by atoms with Gasteiger partial charge in [-0.1, -0.05) is 35.0 Å². The molecule has 1 aromatic heterocycles. The number of hydrogen-bond donors (Lipinski definition) is 1. The summed E-state index contributed by atoms with van der Waals surface area (Å²) >= 11 is 15.9. The molecule has 0 spiro atoms. The molecule has 0 bridgehead atoms. The lowest BCUT2D eigenvalue weighted by molar-refractivity contribution is 0.388. The minimum absolute atomic E-state index is 0.0554. The molecule has 0 saturated carbocycles. The molecule has 18 heavy (non-hydrogen) atoms. The number of rotatable bonds is 4. The minimum atomic E-state index is -0.0554. The van der Waals surface area contributed by atoms with E-state index in [0.29, 0.717) is 16.7 Å². The first-order valence-electron chi connectivity index (χ1n) is 5.19. The maximum absolute atomic E-state index is 5.82. The molecule has 0 N–H and O–H groups in total. The highest BCUT2D eigenvalue weighted by Gasteiger charge is 2.04. The Morgan fingerprint density at radius 3 is 2.67 bits per heavy atom. The van der Waals surface area contributed by atoms with Gasteiger partial charge in [0.15, 0.2) is 5.82 Å². The normalized spacial score (nSPS) is 13.1. The van der Waals surface area contributed by atoms with Gasteiger partial charge in [0.05, 0.1) is 0 Å². The Labute approximate surface area is 120 Å². The van der Waals surface area contributed by atoms with Crippen molar-refractivity contribution in [2.75, 3.05) is 0 Å². The second-order valence-corrected chi connectivity index (χ2v) is 4.80. The molecule has 0 saturated heterocycles. The second kappa shape index (κ2) is 6.27. The molecular weight excluding hydrogens is 291 g/mol. The van der Waals surface area contributed by atoms with Gasteiger partial charge in [-0.2, -0.15) is 17.6 Å². The Morgan fingerprint density at radius 2 is 2.06 bits per heavy atom. The van der Waals surface area contributed by atoms with E-state index in [0.717, 1.165) is 5.56 Å². The molecule has 0 aliphatic heterocycles. The quantitative estimate of drug-likeness (QED) is 0.681. The Kier molecular flexibility index (Phi) is 4.69. The van der Waals surface area contributed by atoms with Crippen molar-refractivity contribution in [3.63, 3.8) is 0 Å². The average Bonchev–Trinajstić information content (AvgIpc) is 2.85. The lowest BCUT2D eigenvalue weighted by Gasteiger charge is -2.04.